The number of fused-ring (bicyclic) bond motifs is 2. The molecule has 22 heavy (non-hydrogen) atoms. The first kappa shape index (κ1) is 12.7. The van der Waals surface area contributed by atoms with Crippen LogP contribution in [0.15, 0.2) is 47.4 Å². The van der Waals surface area contributed by atoms with Gasteiger partial charge in [-0.1, -0.05) is 12.1 Å². The summed E-state index contributed by atoms with van der Waals surface area (Å²) in [5.74, 6) is -0.233. The van der Waals surface area contributed by atoms with Crippen molar-refractivity contribution in [3.8, 4) is 11.4 Å². The van der Waals surface area contributed by atoms with Crippen LogP contribution in [0.4, 0.5) is 4.39 Å². The highest BCUT2D eigenvalue weighted by Crippen LogP contribution is 2.25. The molecule has 0 unspecified atom stereocenters. The molecule has 0 aliphatic carbocycles. The highest BCUT2D eigenvalue weighted by atomic mass is 19.1. The van der Waals surface area contributed by atoms with Crippen molar-refractivity contribution in [1.29, 1.82) is 0 Å². The second kappa shape index (κ2) is 4.49. The fourth-order valence-electron chi connectivity index (χ4n) is 2.57. The lowest BCUT2D eigenvalue weighted by Gasteiger charge is -2.05. The van der Waals surface area contributed by atoms with Gasteiger partial charge in [-0.3, -0.25) is 9.48 Å². The van der Waals surface area contributed by atoms with Crippen LogP contribution in [0.25, 0.3) is 33.2 Å². The Bertz CT molecular complexity index is 1080. The number of nitrogens with zero attached hydrogens (tertiary/aromatic N) is 3. The molecule has 108 valence electrons. The molecule has 0 aliphatic rings. The van der Waals surface area contributed by atoms with E-state index in [1.54, 1.807) is 48.3 Å². The number of H-pyrrole nitrogens is 1. The molecule has 0 bridgehead atoms. The van der Waals surface area contributed by atoms with Gasteiger partial charge in [-0.25, -0.2) is 9.37 Å². The third-order valence-corrected chi connectivity index (χ3v) is 3.70. The lowest BCUT2D eigenvalue weighted by molar-refractivity contribution is 0.631. The SMILES string of the molecule is Cn1ncc2cc(F)c(-c3nc4ccccc4c(=O)[nH]3)cc21. The average Bonchev–Trinajstić information content (AvgIpc) is 2.87. The molecular formula is C16H11FN4O. The van der Waals surface area contributed by atoms with Crippen molar-refractivity contribution >= 4 is 21.8 Å². The quantitative estimate of drug-likeness (QED) is 0.587. The van der Waals surface area contributed by atoms with E-state index in [0.717, 1.165) is 5.52 Å². The molecule has 4 rings (SSSR count). The normalized spacial score (nSPS) is 11.4. The van der Waals surface area contributed by atoms with Crippen molar-refractivity contribution in [1.82, 2.24) is 19.7 Å². The van der Waals surface area contributed by atoms with E-state index in [4.69, 9.17) is 0 Å². The highest BCUT2D eigenvalue weighted by molar-refractivity contribution is 5.85. The van der Waals surface area contributed by atoms with E-state index < -0.39 is 5.82 Å². The number of rotatable bonds is 1. The first-order valence-corrected chi connectivity index (χ1v) is 6.74. The summed E-state index contributed by atoms with van der Waals surface area (Å²) in [6, 6.07) is 10.0. The number of halogens is 1. The molecule has 2 heterocycles. The minimum atomic E-state index is -0.445. The van der Waals surface area contributed by atoms with Gasteiger partial charge in [0.1, 0.15) is 11.6 Å². The molecule has 5 nitrogen and oxygen atoms in total. The fraction of sp³-hybridized carbons (Fsp3) is 0.0625. The molecule has 0 fully saturated rings. The molecule has 2 aromatic carbocycles. The van der Waals surface area contributed by atoms with Crippen molar-refractivity contribution in [3.63, 3.8) is 0 Å². The molecule has 6 heteroatoms. The standard InChI is InChI=1S/C16H11FN4O/c1-21-14-7-11(12(17)6-9(14)8-18-21)15-19-13-5-3-2-4-10(13)16(22)20-15/h2-8H,1H3,(H,19,20,22). The maximum Gasteiger partial charge on any atom is 0.259 e. The van der Waals surface area contributed by atoms with Crippen LogP contribution in [0.1, 0.15) is 0 Å². The Morgan fingerprint density at radius 3 is 2.91 bits per heavy atom. The van der Waals surface area contributed by atoms with Crippen LogP contribution >= 0.6 is 0 Å². The Hall–Kier alpha value is -3.02. The van der Waals surface area contributed by atoms with E-state index >= 15 is 0 Å². The molecule has 0 radical (unpaired) electrons. The molecular weight excluding hydrogens is 283 g/mol. The molecule has 0 aliphatic heterocycles. The Morgan fingerprint density at radius 2 is 2.05 bits per heavy atom. The average molecular weight is 294 g/mol. The lowest BCUT2D eigenvalue weighted by Crippen LogP contribution is -2.10. The summed E-state index contributed by atoms with van der Waals surface area (Å²) in [5.41, 5.74) is 1.27. The number of para-hydroxylation sites is 1. The minimum absolute atomic E-state index is 0.212. The number of aromatic amines is 1. The summed E-state index contributed by atoms with van der Waals surface area (Å²) in [5, 5.41) is 5.28. The van der Waals surface area contributed by atoms with Crippen molar-refractivity contribution in [2.75, 3.05) is 0 Å². The summed E-state index contributed by atoms with van der Waals surface area (Å²) in [4.78, 5) is 19.1. The molecule has 0 saturated carbocycles. The van der Waals surface area contributed by atoms with Gasteiger partial charge in [0.2, 0.25) is 0 Å². The highest BCUT2D eigenvalue weighted by Gasteiger charge is 2.13. The van der Waals surface area contributed by atoms with Crippen LogP contribution in [-0.2, 0) is 7.05 Å². The van der Waals surface area contributed by atoms with Crippen molar-refractivity contribution in [3.05, 3.63) is 58.8 Å². The molecule has 4 aromatic rings. The molecule has 0 atom stereocenters. The second-order valence-electron chi connectivity index (χ2n) is 5.09. The monoisotopic (exact) mass is 294 g/mol. The Balaban J connectivity index is 2.04. The lowest BCUT2D eigenvalue weighted by atomic mass is 10.1. The van der Waals surface area contributed by atoms with Crippen LogP contribution in [0.5, 0.6) is 0 Å². The van der Waals surface area contributed by atoms with E-state index in [0.29, 0.717) is 16.3 Å². The van der Waals surface area contributed by atoms with E-state index in [1.807, 2.05) is 0 Å². The molecule has 0 saturated heterocycles. The molecule has 0 amide bonds. The van der Waals surface area contributed by atoms with Crippen molar-refractivity contribution in [2.24, 2.45) is 7.05 Å². The summed E-state index contributed by atoms with van der Waals surface area (Å²) in [6.45, 7) is 0. The van der Waals surface area contributed by atoms with Gasteiger partial charge >= 0.3 is 0 Å². The topological polar surface area (TPSA) is 63.6 Å². The predicted molar refractivity (Wildman–Crippen MR) is 82.0 cm³/mol. The van der Waals surface area contributed by atoms with Gasteiger partial charge in [-0.15, -0.1) is 0 Å². The van der Waals surface area contributed by atoms with Crippen LogP contribution in [0.2, 0.25) is 0 Å². The van der Waals surface area contributed by atoms with Crippen LogP contribution < -0.4 is 5.56 Å². The number of hydrogen-bond donors (Lipinski definition) is 1. The second-order valence-corrected chi connectivity index (χ2v) is 5.09. The van der Waals surface area contributed by atoms with Crippen molar-refractivity contribution < 1.29 is 4.39 Å². The van der Waals surface area contributed by atoms with Crippen LogP contribution in [0, 0.1) is 5.82 Å². The zero-order valence-corrected chi connectivity index (χ0v) is 11.7. The van der Waals surface area contributed by atoms with Gasteiger partial charge in [0.15, 0.2) is 0 Å². The van der Waals surface area contributed by atoms with E-state index in [9.17, 15) is 9.18 Å². The largest absolute Gasteiger partial charge is 0.306 e. The Labute approximate surface area is 124 Å². The smallest absolute Gasteiger partial charge is 0.259 e. The summed E-state index contributed by atoms with van der Waals surface area (Å²) >= 11 is 0. The van der Waals surface area contributed by atoms with Gasteiger partial charge in [0.25, 0.3) is 5.56 Å². The number of aryl methyl sites for hydroxylation is 1. The summed E-state index contributed by atoms with van der Waals surface area (Å²) in [6.07, 6.45) is 1.60. The van der Waals surface area contributed by atoms with Gasteiger partial charge in [-0.2, -0.15) is 5.10 Å². The number of nitrogens with one attached hydrogen (secondary N) is 1. The van der Waals surface area contributed by atoms with Crippen LogP contribution in [-0.4, -0.2) is 19.7 Å². The molecule has 1 N–H and O–H groups in total. The maximum absolute atomic E-state index is 14.3. The van der Waals surface area contributed by atoms with Gasteiger partial charge in [-0.05, 0) is 24.3 Å². The fourth-order valence-corrected chi connectivity index (χ4v) is 2.57. The van der Waals surface area contributed by atoms with Crippen molar-refractivity contribution in [2.45, 2.75) is 0 Å². The maximum atomic E-state index is 14.3. The number of aromatic nitrogens is 4. The van der Waals surface area contributed by atoms with E-state index in [2.05, 4.69) is 15.1 Å². The number of benzene rings is 2. The molecule has 0 spiro atoms. The number of hydrogen-bond acceptors (Lipinski definition) is 3. The van der Waals surface area contributed by atoms with Gasteiger partial charge in [0, 0.05) is 12.4 Å². The first-order chi connectivity index (χ1) is 10.6. The third-order valence-electron chi connectivity index (χ3n) is 3.70. The Kier molecular flexibility index (Phi) is 2.59. The van der Waals surface area contributed by atoms with E-state index in [1.165, 1.54) is 6.07 Å². The predicted octanol–water partition coefficient (Wildman–Crippen LogP) is 2.62. The minimum Gasteiger partial charge on any atom is -0.306 e. The Morgan fingerprint density at radius 1 is 1.23 bits per heavy atom. The third kappa shape index (κ3) is 1.81. The van der Waals surface area contributed by atoms with Gasteiger partial charge < -0.3 is 4.98 Å². The molecule has 2 aromatic heterocycles. The zero-order valence-electron chi connectivity index (χ0n) is 11.7. The summed E-state index contributed by atoms with van der Waals surface area (Å²) < 4.78 is 16.0. The summed E-state index contributed by atoms with van der Waals surface area (Å²) in [7, 11) is 1.78. The van der Waals surface area contributed by atoms with Crippen LogP contribution in [0.3, 0.4) is 0 Å². The van der Waals surface area contributed by atoms with E-state index in [-0.39, 0.29) is 16.9 Å². The van der Waals surface area contributed by atoms with Gasteiger partial charge in [0.05, 0.1) is 28.2 Å². The first-order valence-electron chi connectivity index (χ1n) is 6.74. The zero-order chi connectivity index (χ0) is 15.3.